The molecule has 3 fully saturated rings. The number of nitrogen functional groups attached to an aromatic ring is 1. The Morgan fingerprint density at radius 2 is 1.98 bits per heavy atom. The average Bonchev–Trinajstić information content (AvgIpc) is 3.53. The molecule has 2 unspecified atom stereocenters. The number of urea groups is 1. The van der Waals surface area contributed by atoms with Gasteiger partial charge in [-0.3, -0.25) is 19.7 Å². The quantitative estimate of drug-likeness (QED) is 0.200. The largest absolute Gasteiger partial charge is 0.417 e. The van der Waals surface area contributed by atoms with Crippen molar-refractivity contribution >= 4 is 49.7 Å². The number of oxazole rings is 1. The van der Waals surface area contributed by atoms with E-state index in [-0.39, 0.29) is 36.9 Å². The standard InChI is InChI=1S/C34H36N8O5S/c1-2-13-40(33(44)36-16-20-7-4-3-5-8-20)41-19-28(43)42-24(14-21-11-12-23-25(15-21)46-34(45)37-23)30-31(47-30)39(18-27(41)42)17-22-9-6-10-26-29(22)38-32(35)48-26/h3-12,15,24,27,30-31H,2,13-14,16-19H2,1H3,(H2,35,38)(H,36,44)(H,37,45)/t24-,27+,30?,31?/m0/s1. The molecule has 13 nitrogen and oxygen atoms in total. The Kier molecular flexibility index (Phi) is 7.87. The number of H-pyrrole nitrogens is 1. The number of anilines is 1. The maximum absolute atomic E-state index is 14.1. The predicted octanol–water partition coefficient (Wildman–Crippen LogP) is 3.47. The average molecular weight is 669 g/mol. The molecular weight excluding hydrogens is 632 g/mol. The molecule has 0 bridgehead atoms. The van der Waals surface area contributed by atoms with Crippen LogP contribution in [-0.4, -0.2) is 85.9 Å². The minimum Gasteiger partial charge on any atom is -0.408 e. The van der Waals surface area contributed by atoms with Gasteiger partial charge in [0.15, 0.2) is 10.7 Å². The minimum atomic E-state index is -0.512. The SMILES string of the molecule is CCCN(C(=O)NCc1ccccc1)N1CC(=O)N2[C@@H](Cc3ccc4[nH]c(=O)oc4c3)C3OC3N(Cc3cccc4sc(N)nc34)C[C@@H]21. The molecule has 5 aromatic rings. The molecule has 14 heteroatoms. The normalized spacial score (nSPS) is 22.5. The maximum Gasteiger partial charge on any atom is 0.417 e. The second-order valence-electron chi connectivity index (χ2n) is 12.5. The van der Waals surface area contributed by atoms with Crippen LogP contribution in [0.1, 0.15) is 30.0 Å². The Morgan fingerprint density at radius 3 is 2.81 bits per heavy atom. The Bertz CT molecular complexity index is 2050. The Morgan fingerprint density at radius 1 is 1.12 bits per heavy atom. The first-order valence-electron chi connectivity index (χ1n) is 16.2. The fourth-order valence-electron chi connectivity index (χ4n) is 7.15. The molecule has 4 N–H and O–H groups in total. The van der Waals surface area contributed by atoms with Crippen LogP contribution < -0.4 is 16.8 Å². The number of carbonyl (C=O) groups excluding carboxylic acids is 2. The highest BCUT2D eigenvalue weighted by Gasteiger charge is 2.59. The van der Waals surface area contributed by atoms with Crippen LogP contribution in [0.5, 0.6) is 0 Å². The molecule has 4 atom stereocenters. The second kappa shape index (κ2) is 12.4. The molecule has 3 aliphatic rings. The van der Waals surface area contributed by atoms with Crippen molar-refractivity contribution in [2.45, 2.75) is 57.4 Å². The molecule has 5 heterocycles. The third kappa shape index (κ3) is 5.70. The van der Waals surface area contributed by atoms with Crippen LogP contribution in [0, 0.1) is 0 Å². The van der Waals surface area contributed by atoms with Crippen molar-refractivity contribution < 1.29 is 18.7 Å². The summed E-state index contributed by atoms with van der Waals surface area (Å²) < 4.78 is 12.7. The molecule has 0 radical (unpaired) electrons. The van der Waals surface area contributed by atoms with Crippen LogP contribution >= 0.6 is 11.3 Å². The van der Waals surface area contributed by atoms with Crippen molar-refractivity contribution in [2.24, 2.45) is 0 Å². The van der Waals surface area contributed by atoms with Gasteiger partial charge < -0.3 is 25.1 Å². The summed E-state index contributed by atoms with van der Waals surface area (Å²) in [5, 5.41) is 7.20. The summed E-state index contributed by atoms with van der Waals surface area (Å²) in [4.78, 5) is 51.2. The van der Waals surface area contributed by atoms with Gasteiger partial charge in [0.25, 0.3) is 0 Å². The number of amides is 3. The molecule has 3 amide bonds. The number of aromatic amines is 1. The van der Waals surface area contributed by atoms with E-state index in [4.69, 9.17) is 14.9 Å². The van der Waals surface area contributed by atoms with E-state index < -0.39 is 11.9 Å². The number of hydrogen-bond donors (Lipinski definition) is 3. The summed E-state index contributed by atoms with van der Waals surface area (Å²) in [6.07, 6.45) is 0.289. The molecular formula is C34H36N8O5S. The molecule has 0 saturated carbocycles. The maximum atomic E-state index is 14.1. The zero-order chi connectivity index (χ0) is 32.9. The van der Waals surface area contributed by atoms with Crippen molar-refractivity contribution in [1.82, 2.24) is 35.1 Å². The van der Waals surface area contributed by atoms with E-state index >= 15 is 0 Å². The zero-order valence-corrected chi connectivity index (χ0v) is 27.2. The summed E-state index contributed by atoms with van der Waals surface area (Å²) in [7, 11) is 0. The molecule has 8 rings (SSSR count). The smallest absolute Gasteiger partial charge is 0.408 e. The van der Waals surface area contributed by atoms with Gasteiger partial charge in [0.05, 0.1) is 28.3 Å². The van der Waals surface area contributed by atoms with Crippen LogP contribution in [0.15, 0.2) is 75.9 Å². The lowest BCUT2D eigenvalue weighted by molar-refractivity contribution is -0.131. The van der Waals surface area contributed by atoms with E-state index in [1.54, 1.807) is 5.01 Å². The first kappa shape index (κ1) is 30.6. The summed E-state index contributed by atoms with van der Waals surface area (Å²) in [5.41, 5.74) is 11.0. The Hall–Kier alpha value is -4.76. The summed E-state index contributed by atoms with van der Waals surface area (Å²) >= 11 is 1.45. The van der Waals surface area contributed by atoms with Gasteiger partial charge in [-0.25, -0.2) is 14.6 Å². The van der Waals surface area contributed by atoms with Gasteiger partial charge >= 0.3 is 11.8 Å². The number of fused-ring (bicyclic) bond motifs is 4. The van der Waals surface area contributed by atoms with Crippen molar-refractivity contribution in [1.29, 1.82) is 0 Å². The van der Waals surface area contributed by atoms with Gasteiger partial charge in [-0.2, -0.15) is 5.01 Å². The molecule has 48 heavy (non-hydrogen) atoms. The number of hydrogen-bond acceptors (Lipinski definition) is 10. The Labute approximate surface area is 279 Å². The fraction of sp³-hybridized carbons (Fsp3) is 0.353. The van der Waals surface area contributed by atoms with E-state index in [9.17, 15) is 14.4 Å². The first-order chi connectivity index (χ1) is 23.4. The second-order valence-corrected chi connectivity index (χ2v) is 13.6. The van der Waals surface area contributed by atoms with Crippen molar-refractivity contribution in [2.75, 3.05) is 25.4 Å². The number of hydrazine groups is 1. The fourth-order valence-corrected chi connectivity index (χ4v) is 7.93. The number of ether oxygens (including phenoxy) is 1. The monoisotopic (exact) mass is 668 g/mol. The minimum absolute atomic E-state index is 0.0646. The number of rotatable bonds is 9. The molecule has 248 valence electrons. The van der Waals surface area contributed by atoms with Gasteiger partial charge in [-0.1, -0.05) is 66.8 Å². The predicted molar refractivity (Wildman–Crippen MR) is 180 cm³/mol. The summed E-state index contributed by atoms with van der Waals surface area (Å²) in [6, 6.07) is 20.9. The number of epoxide rings is 1. The van der Waals surface area contributed by atoms with Crippen LogP contribution in [0.2, 0.25) is 0 Å². The summed E-state index contributed by atoms with van der Waals surface area (Å²) in [6.45, 7) is 3.91. The number of thiazole rings is 1. The third-order valence-electron chi connectivity index (χ3n) is 9.33. The number of para-hydroxylation sites is 1. The summed E-state index contributed by atoms with van der Waals surface area (Å²) in [5.74, 6) is -0.580. The van der Waals surface area contributed by atoms with Gasteiger partial charge in [-0.05, 0) is 47.7 Å². The topological polar surface area (TPSA) is 157 Å². The molecule has 0 aliphatic carbocycles. The van der Waals surface area contributed by atoms with Crippen LogP contribution in [0.3, 0.4) is 0 Å². The zero-order valence-electron chi connectivity index (χ0n) is 26.4. The number of benzene rings is 3. The number of carbonyl (C=O) groups is 2. The number of nitrogens with one attached hydrogen (secondary N) is 2. The molecule has 0 spiro atoms. The van der Waals surface area contributed by atoms with Gasteiger partial charge in [0, 0.05) is 26.2 Å². The molecule has 3 aliphatic heterocycles. The van der Waals surface area contributed by atoms with Crippen molar-refractivity contribution in [3.8, 4) is 0 Å². The lowest BCUT2D eigenvalue weighted by Gasteiger charge is -2.40. The lowest BCUT2D eigenvalue weighted by Crippen LogP contribution is -2.58. The van der Waals surface area contributed by atoms with E-state index in [0.717, 1.165) is 26.9 Å². The van der Waals surface area contributed by atoms with Crippen molar-refractivity contribution in [3.63, 3.8) is 0 Å². The highest BCUT2D eigenvalue weighted by molar-refractivity contribution is 7.22. The number of aromatic nitrogens is 2. The third-order valence-corrected chi connectivity index (χ3v) is 10.2. The van der Waals surface area contributed by atoms with E-state index in [0.29, 0.717) is 55.3 Å². The van der Waals surface area contributed by atoms with Gasteiger partial charge in [0.1, 0.15) is 18.5 Å². The van der Waals surface area contributed by atoms with Gasteiger partial charge in [-0.15, -0.1) is 0 Å². The van der Waals surface area contributed by atoms with Crippen LogP contribution in [-0.2, 0) is 29.0 Å². The van der Waals surface area contributed by atoms with Crippen LogP contribution in [0.25, 0.3) is 21.3 Å². The highest BCUT2D eigenvalue weighted by Crippen LogP contribution is 2.41. The Balaban J connectivity index is 1.13. The number of nitrogens with zero attached hydrogens (tertiary/aromatic N) is 5. The molecule has 3 saturated heterocycles. The first-order valence-corrected chi connectivity index (χ1v) is 17.0. The van der Waals surface area contributed by atoms with E-state index in [1.165, 1.54) is 11.3 Å². The van der Waals surface area contributed by atoms with Gasteiger partial charge in [0.2, 0.25) is 5.91 Å². The van der Waals surface area contributed by atoms with Crippen LogP contribution in [0.4, 0.5) is 9.93 Å². The lowest BCUT2D eigenvalue weighted by atomic mass is 10.0. The highest BCUT2D eigenvalue weighted by atomic mass is 32.1. The molecule has 2 aromatic heterocycles. The van der Waals surface area contributed by atoms with Crippen molar-refractivity contribution in [3.05, 3.63) is 94.0 Å². The van der Waals surface area contributed by atoms with E-state index in [1.807, 2.05) is 77.5 Å². The molecule has 3 aromatic carbocycles. The number of nitrogens with two attached hydrogens (primary N) is 1. The van der Waals surface area contributed by atoms with E-state index in [2.05, 4.69) is 26.3 Å².